The summed E-state index contributed by atoms with van der Waals surface area (Å²) in [7, 11) is 6.59. The highest BCUT2D eigenvalue weighted by molar-refractivity contribution is 5.21. The predicted octanol–water partition coefficient (Wildman–Crippen LogP) is 8.22. The fourth-order valence-electron chi connectivity index (χ4n) is 12.7. The number of allylic oxidation sites excluding steroid dienone is 1. The SMILES string of the molecule is C=C(C)[C@@H]1CC[C@]2(COC)CC[C@]3(C)C(CCC4[C@@]5(C)CC[C@H](N(C)C)C(C)(C)C5CC[C@]43C)C12. The van der Waals surface area contributed by atoms with Gasteiger partial charge in [0.05, 0.1) is 6.61 Å². The first kappa shape index (κ1) is 26.3. The van der Waals surface area contributed by atoms with Gasteiger partial charge in [-0.25, -0.2) is 0 Å². The van der Waals surface area contributed by atoms with E-state index in [-0.39, 0.29) is 0 Å². The summed E-state index contributed by atoms with van der Waals surface area (Å²) in [4.78, 5) is 2.54. The van der Waals surface area contributed by atoms with Gasteiger partial charge in [-0.15, -0.1) is 0 Å². The number of ether oxygens (including phenoxy) is 1. The molecule has 0 saturated heterocycles. The third kappa shape index (κ3) is 3.33. The molecular weight excluding hydrogens is 426 g/mol. The average Bonchev–Trinajstić information content (AvgIpc) is 3.13. The van der Waals surface area contributed by atoms with Crippen molar-refractivity contribution in [2.24, 2.45) is 56.7 Å². The van der Waals surface area contributed by atoms with Crippen molar-refractivity contribution in [3.8, 4) is 0 Å². The van der Waals surface area contributed by atoms with E-state index in [1.54, 1.807) is 0 Å². The maximum Gasteiger partial charge on any atom is 0.0521 e. The fraction of sp³-hybridized carbons (Fsp3) is 0.939. The van der Waals surface area contributed by atoms with Crippen LogP contribution in [0.15, 0.2) is 12.2 Å². The first-order valence-electron chi connectivity index (χ1n) is 15.1. The Kier molecular flexibility index (Phi) is 6.25. The Hall–Kier alpha value is -0.340. The molecule has 5 fully saturated rings. The zero-order valence-electron chi connectivity index (χ0n) is 24.8. The van der Waals surface area contributed by atoms with Crippen LogP contribution in [-0.2, 0) is 4.74 Å². The topological polar surface area (TPSA) is 12.5 Å². The van der Waals surface area contributed by atoms with Crippen LogP contribution in [-0.4, -0.2) is 38.8 Å². The largest absolute Gasteiger partial charge is 0.384 e. The van der Waals surface area contributed by atoms with Gasteiger partial charge in [0.15, 0.2) is 0 Å². The number of fused-ring (bicyclic) bond motifs is 7. The molecule has 10 atom stereocenters. The summed E-state index contributed by atoms with van der Waals surface area (Å²) in [6, 6.07) is 0.719. The second kappa shape index (κ2) is 8.33. The van der Waals surface area contributed by atoms with Crippen molar-refractivity contribution >= 4 is 0 Å². The van der Waals surface area contributed by atoms with E-state index in [0.29, 0.717) is 33.0 Å². The highest BCUT2D eigenvalue weighted by Crippen LogP contribution is 2.77. The summed E-state index contributed by atoms with van der Waals surface area (Å²) < 4.78 is 5.96. The zero-order chi connectivity index (χ0) is 25.6. The number of nitrogens with zero attached hydrogens (tertiary/aromatic N) is 1. The molecule has 0 amide bonds. The molecule has 4 unspecified atom stereocenters. The molecule has 35 heavy (non-hydrogen) atoms. The van der Waals surface area contributed by atoms with Gasteiger partial charge in [0, 0.05) is 13.2 Å². The van der Waals surface area contributed by atoms with E-state index < -0.39 is 0 Å². The lowest BCUT2D eigenvalue weighted by Gasteiger charge is -2.73. The van der Waals surface area contributed by atoms with Crippen LogP contribution < -0.4 is 0 Å². The molecule has 0 heterocycles. The Morgan fingerprint density at radius 3 is 2.17 bits per heavy atom. The van der Waals surface area contributed by atoms with Crippen LogP contribution in [0.3, 0.4) is 0 Å². The van der Waals surface area contributed by atoms with Gasteiger partial charge in [-0.1, -0.05) is 46.8 Å². The van der Waals surface area contributed by atoms with E-state index in [1.807, 2.05) is 7.11 Å². The van der Waals surface area contributed by atoms with Crippen LogP contribution >= 0.6 is 0 Å². The summed E-state index contributed by atoms with van der Waals surface area (Å²) >= 11 is 0. The summed E-state index contributed by atoms with van der Waals surface area (Å²) in [6.45, 7) is 21.4. The molecule has 0 aliphatic heterocycles. The lowest BCUT2D eigenvalue weighted by molar-refractivity contribution is -0.245. The van der Waals surface area contributed by atoms with Crippen LogP contribution in [0, 0.1) is 56.7 Å². The molecular formula is C33H57NO. The van der Waals surface area contributed by atoms with Crippen LogP contribution in [0.4, 0.5) is 0 Å². The van der Waals surface area contributed by atoms with Crippen molar-refractivity contribution in [1.82, 2.24) is 4.90 Å². The number of hydrogen-bond acceptors (Lipinski definition) is 2. The summed E-state index contributed by atoms with van der Waals surface area (Å²) in [5, 5.41) is 0. The average molecular weight is 484 g/mol. The highest BCUT2D eigenvalue weighted by atomic mass is 16.5. The van der Waals surface area contributed by atoms with Crippen molar-refractivity contribution in [1.29, 1.82) is 0 Å². The Balaban J connectivity index is 1.52. The quantitative estimate of drug-likeness (QED) is 0.373. The Morgan fingerprint density at radius 1 is 0.829 bits per heavy atom. The summed E-state index contributed by atoms with van der Waals surface area (Å²) in [5.74, 6) is 4.04. The van der Waals surface area contributed by atoms with Crippen molar-refractivity contribution in [2.75, 3.05) is 27.8 Å². The highest BCUT2D eigenvalue weighted by Gasteiger charge is 2.70. The van der Waals surface area contributed by atoms with Crippen molar-refractivity contribution in [2.45, 2.75) is 112 Å². The minimum Gasteiger partial charge on any atom is -0.384 e. The summed E-state index contributed by atoms with van der Waals surface area (Å²) in [5.41, 5.74) is 3.64. The molecule has 0 radical (unpaired) electrons. The smallest absolute Gasteiger partial charge is 0.0521 e. The predicted molar refractivity (Wildman–Crippen MR) is 148 cm³/mol. The van der Waals surface area contributed by atoms with Gasteiger partial charge < -0.3 is 9.64 Å². The minimum absolute atomic E-state index is 0.395. The molecule has 2 nitrogen and oxygen atoms in total. The molecule has 0 aromatic rings. The Bertz CT molecular complexity index is 846. The second-order valence-electron chi connectivity index (χ2n) is 15.8. The fourth-order valence-corrected chi connectivity index (χ4v) is 12.7. The van der Waals surface area contributed by atoms with Crippen molar-refractivity contribution in [3.63, 3.8) is 0 Å². The van der Waals surface area contributed by atoms with Gasteiger partial charge in [0.2, 0.25) is 0 Å². The van der Waals surface area contributed by atoms with E-state index in [0.717, 1.165) is 36.3 Å². The molecule has 0 N–H and O–H groups in total. The first-order chi connectivity index (χ1) is 16.3. The molecule has 200 valence electrons. The van der Waals surface area contributed by atoms with Gasteiger partial charge in [-0.3, -0.25) is 0 Å². The van der Waals surface area contributed by atoms with E-state index in [2.05, 4.69) is 67.1 Å². The minimum atomic E-state index is 0.395. The molecule has 5 rings (SSSR count). The Morgan fingerprint density at radius 2 is 1.54 bits per heavy atom. The molecule has 5 aliphatic rings. The van der Waals surface area contributed by atoms with Gasteiger partial charge in [0.25, 0.3) is 0 Å². The monoisotopic (exact) mass is 483 g/mol. The maximum atomic E-state index is 5.96. The number of methoxy groups -OCH3 is 1. The zero-order valence-corrected chi connectivity index (χ0v) is 24.8. The van der Waals surface area contributed by atoms with Gasteiger partial charge >= 0.3 is 0 Å². The van der Waals surface area contributed by atoms with Gasteiger partial charge in [-0.05, 0) is 142 Å². The summed E-state index contributed by atoms with van der Waals surface area (Å²) in [6.07, 6.45) is 14.1. The third-order valence-corrected chi connectivity index (χ3v) is 14.3. The molecule has 0 spiro atoms. The first-order valence-corrected chi connectivity index (χ1v) is 15.1. The molecule has 5 aliphatic carbocycles. The second-order valence-corrected chi connectivity index (χ2v) is 15.8. The van der Waals surface area contributed by atoms with Crippen LogP contribution in [0.2, 0.25) is 0 Å². The standard InChI is InChI=1S/C33H57NO/c1-22(2)23-13-18-33(21-35-10)20-19-31(6)24(28(23)33)11-12-26-30(5)16-15-27(34(8)9)29(3,4)25(30)14-17-32(26,31)7/h23-28H,1,11-21H2,2-10H3/t23-,24?,25?,26?,27-,28?,30-,31+,32+,33+/m0/s1. The van der Waals surface area contributed by atoms with Crippen LogP contribution in [0.5, 0.6) is 0 Å². The van der Waals surface area contributed by atoms with Crippen molar-refractivity contribution in [3.05, 3.63) is 12.2 Å². The van der Waals surface area contributed by atoms with E-state index in [1.165, 1.54) is 69.8 Å². The van der Waals surface area contributed by atoms with Gasteiger partial charge in [-0.2, -0.15) is 0 Å². The van der Waals surface area contributed by atoms with Crippen LogP contribution in [0.25, 0.3) is 0 Å². The molecule has 5 saturated carbocycles. The third-order valence-electron chi connectivity index (χ3n) is 14.3. The Labute approximate surface area is 218 Å². The van der Waals surface area contributed by atoms with Crippen molar-refractivity contribution < 1.29 is 4.74 Å². The number of rotatable bonds is 4. The normalized spacial score (nSPS) is 52.9. The lowest BCUT2D eigenvalue weighted by atomic mass is 9.32. The van der Waals surface area contributed by atoms with Crippen LogP contribution in [0.1, 0.15) is 106 Å². The maximum absolute atomic E-state index is 5.96. The molecule has 2 heteroatoms. The molecule has 0 aromatic carbocycles. The van der Waals surface area contributed by atoms with E-state index >= 15 is 0 Å². The van der Waals surface area contributed by atoms with E-state index in [4.69, 9.17) is 4.74 Å². The van der Waals surface area contributed by atoms with E-state index in [9.17, 15) is 0 Å². The molecule has 0 aromatic heterocycles. The van der Waals surface area contributed by atoms with Gasteiger partial charge in [0.1, 0.15) is 0 Å². The molecule has 0 bridgehead atoms. The lowest BCUT2D eigenvalue weighted by Crippen LogP contribution is -2.67. The number of hydrogen-bond donors (Lipinski definition) is 0.